The Morgan fingerprint density at radius 3 is 2.87 bits per heavy atom. The van der Waals surface area contributed by atoms with Crippen LogP contribution >= 0.6 is 0 Å². The van der Waals surface area contributed by atoms with E-state index < -0.39 is 5.72 Å². The zero-order valence-electron chi connectivity index (χ0n) is 17.1. The number of nitrogens with one attached hydrogen (secondary N) is 1. The minimum atomic E-state index is -1.45. The van der Waals surface area contributed by atoms with Crippen molar-refractivity contribution in [3.63, 3.8) is 0 Å². The van der Waals surface area contributed by atoms with Gasteiger partial charge >= 0.3 is 0 Å². The van der Waals surface area contributed by atoms with Gasteiger partial charge < -0.3 is 14.2 Å². The lowest BCUT2D eigenvalue weighted by atomic mass is 10.1. The highest BCUT2D eigenvalue weighted by Crippen LogP contribution is 2.39. The number of fused-ring (bicyclic) bond motifs is 1. The Kier molecular flexibility index (Phi) is 5.94. The number of para-hydroxylation sites is 1. The van der Waals surface area contributed by atoms with Crippen molar-refractivity contribution in [1.29, 1.82) is 0 Å². The van der Waals surface area contributed by atoms with Crippen molar-refractivity contribution in [3.05, 3.63) is 65.5 Å². The molecule has 3 N–H and O–H groups in total. The topological polar surface area (TPSA) is 125 Å². The lowest BCUT2D eigenvalue weighted by Crippen LogP contribution is -2.51. The Morgan fingerprint density at radius 2 is 2.13 bits per heavy atom. The van der Waals surface area contributed by atoms with Crippen LogP contribution in [0.2, 0.25) is 0 Å². The first-order valence-corrected chi connectivity index (χ1v) is 10.0. The van der Waals surface area contributed by atoms with E-state index in [1.54, 1.807) is 24.3 Å². The summed E-state index contributed by atoms with van der Waals surface area (Å²) >= 11 is 0. The van der Waals surface area contributed by atoms with Gasteiger partial charge in [0.25, 0.3) is 5.72 Å². The number of aromatic nitrogens is 4. The van der Waals surface area contributed by atoms with Gasteiger partial charge in [-0.3, -0.25) is 10.5 Å². The highest BCUT2D eigenvalue weighted by molar-refractivity contribution is 6.09. The van der Waals surface area contributed by atoms with Crippen molar-refractivity contribution >= 4 is 11.9 Å². The van der Waals surface area contributed by atoms with Gasteiger partial charge in [0, 0.05) is 0 Å². The summed E-state index contributed by atoms with van der Waals surface area (Å²) in [7, 11) is 0. The lowest BCUT2D eigenvalue weighted by Gasteiger charge is -2.33. The summed E-state index contributed by atoms with van der Waals surface area (Å²) in [5.74, 6) is 1.37. The molecule has 0 spiro atoms. The number of ketones is 1. The summed E-state index contributed by atoms with van der Waals surface area (Å²) in [6.45, 7) is 2.80. The quantitative estimate of drug-likeness (QED) is 0.323. The van der Waals surface area contributed by atoms with Crippen LogP contribution in [0.25, 0.3) is 6.08 Å². The minimum Gasteiger partial charge on any atom is -0.494 e. The first kappa shape index (κ1) is 20.5. The van der Waals surface area contributed by atoms with E-state index in [0.717, 1.165) is 24.2 Å². The maximum Gasteiger partial charge on any atom is 0.257 e. The van der Waals surface area contributed by atoms with Gasteiger partial charge in [0.05, 0.1) is 12.2 Å². The second kappa shape index (κ2) is 8.97. The number of ether oxygens (including phenoxy) is 3. The molecule has 1 aromatic heterocycles. The van der Waals surface area contributed by atoms with E-state index >= 15 is 0 Å². The van der Waals surface area contributed by atoms with Crippen LogP contribution < -0.4 is 19.9 Å². The van der Waals surface area contributed by atoms with Crippen molar-refractivity contribution in [2.45, 2.75) is 25.5 Å². The number of rotatable bonds is 8. The molecule has 1 unspecified atom stereocenters. The van der Waals surface area contributed by atoms with E-state index in [9.17, 15) is 4.79 Å². The number of hydrogen-bond acceptors (Lipinski definition) is 8. The number of H-pyrrole nitrogens is 1. The first-order chi connectivity index (χ1) is 15.1. The van der Waals surface area contributed by atoms with Crippen LogP contribution in [0.4, 0.5) is 0 Å². The van der Waals surface area contributed by atoms with Crippen LogP contribution in [0.1, 0.15) is 41.5 Å². The maximum atomic E-state index is 12.9. The molecule has 9 nitrogen and oxygen atoms in total. The zero-order chi connectivity index (χ0) is 21.7. The molecule has 0 fully saturated rings. The molecule has 9 heteroatoms. The largest absolute Gasteiger partial charge is 0.494 e. The van der Waals surface area contributed by atoms with Gasteiger partial charge in [-0.25, -0.2) is 0 Å². The highest BCUT2D eigenvalue weighted by atomic mass is 16.6. The van der Waals surface area contributed by atoms with Crippen LogP contribution in [0.5, 0.6) is 17.2 Å². The Labute approximate surface area is 179 Å². The third-order valence-electron chi connectivity index (χ3n) is 4.77. The smallest absolute Gasteiger partial charge is 0.257 e. The fraction of sp³-hybridized carbons (Fsp3) is 0.273. The van der Waals surface area contributed by atoms with Gasteiger partial charge in [0.1, 0.15) is 12.4 Å². The minimum absolute atomic E-state index is 0.0142. The van der Waals surface area contributed by atoms with Crippen LogP contribution in [-0.4, -0.2) is 39.6 Å². The van der Waals surface area contributed by atoms with Crippen LogP contribution in [0.3, 0.4) is 0 Å². The number of unbranched alkanes of at least 4 members (excludes halogenated alkanes) is 1. The Morgan fingerprint density at radius 1 is 1.29 bits per heavy atom. The molecule has 0 saturated carbocycles. The molecule has 3 aromatic rings. The molecule has 2 heterocycles. The summed E-state index contributed by atoms with van der Waals surface area (Å²) in [6.07, 6.45) is 5.31. The second-order valence-electron chi connectivity index (χ2n) is 7.12. The Hall–Kier alpha value is -3.72. The van der Waals surface area contributed by atoms with Crippen LogP contribution in [-0.2, 0) is 5.72 Å². The average Bonchev–Trinajstić information content (AvgIpc) is 3.34. The third-order valence-corrected chi connectivity index (χ3v) is 4.77. The molecular formula is C22H23N5O4. The van der Waals surface area contributed by atoms with Gasteiger partial charge in [-0.2, -0.15) is 5.21 Å². The number of allylic oxidation sites excluding steroid dienone is 1. The van der Waals surface area contributed by atoms with Crippen molar-refractivity contribution in [1.82, 2.24) is 20.6 Å². The first-order valence-electron chi connectivity index (χ1n) is 10.0. The molecule has 0 saturated heterocycles. The average molecular weight is 421 g/mol. The van der Waals surface area contributed by atoms with E-state index in [4.69, 9.17) is 19.9 Å². The molecule has 160 valence electrons. The monoisotopic (exact) mass is 421 g/mol. The summed E-state index contributed by atoms with van der Waals surface area (Å²) < 4.78 is 17.3. The van der Waals surface area contributed by atoms with E-state index in [2.05, 4.69) is 27.5 Å². The number of aromatic amines is 1. The molecule has 0 radical (unpaired) electrons. The predicted molar refractivity (Wildman–Crippen MR) is 113 cm³/mol. The number of carbonyl (C=O) groups is 1. The lowest BCUT2D eigenvalue weighted by molar-refractivity contribution is -0.0154. The molecule has 1 atom stereocenters. The Balaban J connectivity index is 1.50. The van der Waals surface area contributed by atoms with Gasteiger partial charge in [0.15, 0.2) is 17.3 Å². The Bertz CT molecular complexity index is 1070. The number of nitrogens with two attached hydrogens (primary N) is 1. The van der Waals surface area contributed by atoms with Gasteiger partial charge in [-0.15, -0.1) is 10.2 Å². The van der Waals surface area contributed by atoms with Crippen LogP contribution in [0, 0.1) is 0 Å². The number of tetrazole rings is 1. The summed E-state index contributed by atoms with van der Waals surface area (Å²) in [4.78, 5) is 12.9. The molecule has 31 heavy (non-hydrogen) atoms. The van der Waals surface area contributed by atoms with Crippen molar-refractivity contribution in [3.8, 4) is 17.2 Å². The number of benzene rings is 2. The normalized spacial score (nSPS) is 17.6. The van der Waals surface area contributed by atoms with Crippen molar-refractivity contribution < 1.29 is 19.0 Å². The zero-order valence-corrected chi connectivity index (χ0v) is 17.1. The highest BCUT2D eigenvalue weighted by Gasteiger charge is 2.41. The molecule has 4 rings (SSSR count). The van der Waals surface area contributed by atoms with E-state index in [0.29, 0.717) is 17.9 Å². The number of carbonyl (C=O) groups excluding carboxylic acids is 1. The third kappa shape index (κ3) is 4.56. The molecule has 0 aliphatic carbocycles. The van der Waals surface area contributed by atoms with E-state index in [-0.39, 0.29) is 24.0 Å². The van der Waals surface area contributed by atoms with Crippen molar-refractivity contribution in [2.24, 2.45) is 5.73 Å². The van der Waals surface area contributed by atoms with Crippen LogP contribution in [0.15, 0.2) is 48.5 Å². The van der Waals surface area contributed by atoms with Crippen molar-refractivity contribution in [2.75, 3.05) is 13.2 Å². The molecule has 1 aliphatic rings. The maximum absolute atomic E-state index is 12.9. The summed E-state index contributed by atoms with van der Waals surface area (Å²) in [5, 5.41) is 13.6. The second-order valence-corrected chi connectivity index (χ2v) is 7.12. The molecule has 1 aliphatic heterocycles. The van der Waals surface area contributed by atoms with Gasteiger partial charge in [0.2, 0.25) is 5.82 Å². The SMILES string of the molecule is CCCCOc1ccc(C=CC(=O)c2cccc3c2OC(N)(c2nn[nH]n2)CO3)cc1. The number of nitrogens with zero attached hydrogens (tertiary/aromatic N) is 3. The fourth-order valence-electron chi connectivity index (χ4n) is 3.05. The molecular weight excluding hydrogens is 398 g/mol. The number of hydrogen-bond donors (Lipinski definition) is 2. The standard InChI is InChI=1S/C22H23N5O4/c1-2-3-13-29-16-10-7-15(8-11-16)9-12-18(28)17-5-4-6-19-20(17)31-22(23,14-30-19)21-24-26-27-25-21/h4-12H,2-3,13-14,23H2,1H3,(H,24,25,26,27). The summed E-state index contributed by atoms with van der Waals surface area (Å²) in [5.41, 5.74) is 6.01. The van der Waals surface area contributed by atoms with Gasteiger partial charge in [-0.1, -0.05) is 37.6 Å². The van der Waals surface area contributed by atoms with E-state index in [1.165, 1.54) is 6.08 Å². The fourth-order valence-corrected chi connectivity index (χ4v) is 3.05. The molecule has 0 amide bonds. The predicted octanol–water partition coefficient (Wildman–Crippen LogP) is 2.86. The van der Waals surface area contributed by atoms with E-state index in [1.807, 2.05) is 24.3 Å². The summed E-state index contributed by atoms with van der Waals surface area (Å²) in [6, 6.07) is 12.6. The molecule has 2 aromatic carbocycles. The van der Waals surface area contributed by atoms with Gasteiger partial charge in [-0.05, 0) is 47.5 Å². The molecule has 0 bridgehead atoms.